The molecular weight excluding hydrogens is 300 g/mol. The fourth-order valence-corrected chi connectivity index (χ4v) is 2.57. The summed E-state index contributed by atoms with van der Waals surface area (Å²) in [7, 11) is 0. The molecule has 0 spiro atoms. The molecule has 22 heavy (non-hydrogen) atoms. The number of hydrogen-bond donors (Lipinski definition) is 2. The highest BCUT2D eigenvalue weighted by atomic mass is 32.1. The summed E-state index contributed by atoms with van der Waals surface area (Å²) in [6.45, 7) is 9.26. The van der Waals surface area contributed by atoms with E-state index < -0.39 is 0 Å². The van der Waals surface area contributed by atoms with Gasteiger partial charge < -0.3 is 15.5 Å². The molecule has 1 aromatic heterocycles. The molecule has 0 aliphatic carbocycles. The first kappa shape index (κ1) is 18.4. The summed E-state index contributed by atoms with van der Waals surface area (Å²) in [6, 6.07) is -0.187. The number of carbonyl (C=O) groups is 2. The van der Waals surface area contributed by atoms with Crippen molar-refractivity contribution in [3.8, 4) is 0 Å². The molecule has 0 saturated heterocycles. The van der Waals surface area contributed by atoms with Crippen molar-refractivity contribution in [2.45, 2.75) is 40.5 Å². The average molecular weight is 326 g/mol. The number of carbonyl (C=O) groups excluding carboxylic acids is 2. The summed E-state index contributed by atoms with van der Waals surface area (Å²) in [5, 5.41) is 6.16. The van der Waals surface area contributed by atoms with E-state index in [0.29, 0.717) is 24.1 Å². The number of amides is 3. The second-order valence-corrected chi connectivity index (χ2v) is 6.92. The minimum absolute atomic E-state index is 0.0365. The van der Waals surface area contributed by atoms with Crippen molar-refractivity contribution >= 4 is 28.4 Å². The summed E-state index contributed by atoms with van der Waals surface area (Å²) in [5.41, 5.74) is 0. The lowest BCUT2D eigenvalue weighted by atomic mass is 10.2. The third kappa shape index (κ3) is 6.89. The highest BCUT2D eigenvalue weighted by Gasteiger charge is 2.18. The van der Waals surface area contributed by atoms with Gasteiger partial charge >= 0.3 is 6.03 Å². The van der Waals surface area contributed by atoms with E-state index in [-0.39, 0.29) is 18.5 Å². The van der Waals surface area contributed by atoms with Crippen molar-refractivity contribution in [1.82, 2.24) is 15.2 Å². The Labute approximate surface area is 136 Å². The van der Waals surface area contributed by atoms with Crippen LogP contribution < -0.4 is 10.6 Å². The zero-order chi connectivity index (χ0) is 16.5. The lowest BCUT2D eigenvalue weighted by Crippen LogP contribution is -2.45. The van der Waals surface area contributed by atoms with E-state index in [9.17, 15) is 9.59 Å². The largest absolute Gasteiger partial charge is 0.338 e. The smallest absolute Gasteiger partial charge is 0.317 e. The molecule has 0 atom stereocenters. The molecule has 0 fully saturated rings. The maximum Gasteiger partial charge on any atom is 0.317 e. The summed E-state index contributed by atoms with van der Waals surface area (Å²) in [4.78, 5) is 30.9. The summed E-state index contributed by atoms with van der Waals surface area (Å²) in [6.07, 6.45) is 3.67. The Morgan fingerprint density at radius 3 is 2.68 bits per heavy atom. The maximum atomic E-state index is 12.2. The molecule has 0 aromatic carbocycles. The highest BCUT2D eigenvalue weighted by Crippen LogP contribution is 2.16. The monoisotopic (exact) mass is 326 g/mol. The summed E-state index contributed by atoms with van der Waals surface area (Å²) in [5.74, 6) is 0.0764. The van der Waals surface area contributed by atoms with Crippen molar-refractivity contribution in [3.63, 3.8) is 0 Å². The SMILES string of the molecule is CCCCNC(=O)N(CC(=O)Nc1ncc(C)s1)CC(C)C. The number of rotatable bonds is 8. The van der Waals surface area contributed by atoms with Gasteiger partial charge in [-0.1, -0.05) is 27.2 Å². The van der Waals surface area contributed by atoms with Crippen LogP contribution >= 0.6 is 11.3 Å². The van der Waals surface area contributed by atoms with Crippen molar-refractivity contribution in [2.75, 3.05) is 25.0 Å². The van der Waals surface area contributed by atoms with Gasteiger partial charge in [0.25, 0.3) is 0 Å². The van der Waals surface area contributed by atoms with Crippen LogP contribution in [-0.2, 0) is 4.79 Å². The zero-order valence-corrected chi connectivity index (χ0v) is 14.6. The molecule has 0 aliphatic rings. The third-order valence-corrected chi connectivity index (χ3v) is 3.71. The predicted molar refractivity (Wildman–Crippen MR) is 90.2 cm³/mol. The van der Waals surface area contributed by atoms with Crippen LogP contribution in [0.25, 0.3) is 0 Å². The van der Waals surface area contributed by atoms with Crippen LogP contribution in [-0.4, -0.2) is 41.5 Å². The Hall–Kier alpha value is -1.63. The van der Waals surface area contributed by atoms with E-state index >= 15 is 0 Å². The first-order chi connectivity index (χ1) is 10.4. The van der Waals surface area contributed by atoms with Crippen LogP contribution in [0.1, 0.15) is 38.5 Å². The number of hydrogen-bond acceptors (Lipinski definition) is 4. The van der Waals surface area contributed by atoms with Gasteiger partial charge in [-0.15, -0.1) is 11.3 Å². The quantitative estimate of drug-likeness (QED) is 0.721. The fraction of sp³-hybridized carbons (Fsp3) is 0.667. The van der Waals surface area contributed by atoms with Crippen molar-refractivity contribution in [2.24, 2.45) is 5.92 Å². The Morgan fingerprint density at radius 1 is 1.41 bits per heavy atom. The van der Waals surface area contributed by atoms with E-state index in [4.69, 9.17) is 0 Å². The molecule has 0 saturated carbocycles. The third-order valence-electron chi connectivity index (χ3n) is 2.88. The molecule has 7 heteroatoms. The average Bonchev–Trinajstić information content (AvgIpc) is 2.82. The Morgan fingerprint density at radius 2 is 2.14 bits per heavy atom. The molecule has 0 unspecified atom stereocenters. The van der Waals surface area contributed by atoms with E-state index in [1.807, 2.05) is 20.8 Å². The van der Waals surface area contributed by atoms with Gasteiger partial charge in [0.15, 0.2) is 5.13 Å². The Balaban J connectivity index is 2.55. The van der Waals surface area contributed by atoms with Crippen LogP contribution in [0.5, 0.6) is 0 Å². The fourth-order valence-electron chi connectivity index (χ4n) is 1.89. The number of aryl methyl sites for hydroxylation is 1. The summed E-state index contributed by atoms with van der Waals surface area (Å²) < 4.78 is 0. The van der Waals surface area contributed by atoms with Gasteiger partial charge in [0.2, 0.25) is 5.91 Å². The minimum Gasteiger partial charge on any atom is -0.338 e. The van der Waals surface area contributed by atoms with E-state index in [2.05, 4.69) is 22.5 Å². The number of anilines is 1. The molecule has 124 valence electrons. The molecule has 2 N–H and O–H groups in total. The lowest BCUT2D eigenvalue weighted by Gasteiger charge is -2.24. The molecule has 1 aromatic rings. The lowest BCUT2D eigenvalue weighted by molar-refractivity contribution is -0.116. The molecule has 0 radical (unpaired) electrons. The van der Waals surface area contributed by atoms with Crippen LogP contribution in [0.4, 0.5) is 9.93 Å². The Bertz CT molecular complexity index is 488. The minimum atomic E-state index is -0.222. The number of urea groups is 1. The number of nitrogens with one attached hydrogen (secondary N) is 2. The summed E-state index contributed by atoms with van der Waals surface area (Å²) >= 11 is 1.42. The van der Waals surface area contributed by atoms with Gasteiger partial charge in [-0.05, 0) is 19.3 Å². The van der Waals surface area contributed by atoms with Crippen LogP contribution in [0.2, 0.25) is 0 Å². The molecule has 3 amide bonds. The van der Waals surface area contributed by atoms with Crippen molar-refractivity contribution in [3.05, 3.63) is 11.1 Å². The topological polar surface area (TPSA) is 74.3 Å². The van der Waals surface area contributed by atoms with Gasteiger partial charge in [0.05, 0.1) is 0 Å². The molecule has 0 aliphatic heterocycles. The highest BCUT2D eigenvalue weighted by molar-refractivity contribution is 7.15. The van der Waals surface area contributed by atoms with Gasteiger partial charge in [0, 0.05) is 24.2 Å². The van der Waals surface area contributed by atoms with Crippen LogP contribution in [0.3, 0.4) is 0 Å². The first-order valence-electron chi connectivity index (χ1n) is 7.67. The normalized spacial score (nSPS) is 10.6. The second kappa shape index (κ2) is 9.40. The number of unbranched alkanes of at least 4 members (excludes halogenated alkanes) is 1. The Kier molecular flexibility index (Phi) is 7.87. The molecule has 0 bridgehead atoms. The standard InChI is InChI=1S/C15H26N4O2S/c1-5-6-7-16-15(21)19(9-11(2)3)10-13(20)18-14-17-8-12(4)22-14/h8,11H,5-7,9-10H2,1-4H3,(H,16,21)(H,17,18,20). The van der Waals surface area contributed by atoms with E-state index in [1.165, 1.54) is 11.3 Å². The van der Waals surface area contributed by atoms with E-state index in [0.717, 1.165) is 17.7 Å². The predicted octanol–water partition coefficient (Wildman–Crippen LogP) is 2.86. The molecule has 6 nitrogen and oxygen atoms in total. The van der Waals surface area contributed by atoms with Crippen LogP contribution in [0, 0.1) is 12.8 Å². The van der Waals surface area contributed by atoms with Gasteiger partial charge in [-0.2, -0.15) is 0 Å². The van der Waals surface area contributed by atoms with Crippen molar-refractivity contribution < 1.29 is 9.59 Å². The number of aromatic nitrogens is 1. The van der Waals surface area contributed by atoms with E-state index in [1.54, 1.807) is 11.1 Å². The molecule has 1 rings (SSSR count). The van der Waals surface area contributed by atoms with Crippen molar-refractivity contribution in [1.29, 1.82) is 0 Å². The van der Waals surface area contributed by atoms with Gasteiger partial charge in [-0.3, -0.25) is 4.79 Å². The number of nitrogens with zero attached hydrogens (tertiary/aromatic N) is 2. The molecular formula is C15H26N4O2S. The molecule has 1 heterocycles. The zero-order valence-electron chi connectivity index (χ0n) is 13.8. The maximum absolute atomic E-state index is 12.2. The number of thiazole rings is 1. The second-order valence-electron chi connectivity index (χ2n) is 5.68. The first-order valence-corrected chi connectivity index (χ1v) is 8.49. The van der Waals surface area contributed by atoms with Gasteiger partial charge in [-0.25, -0.2) is 9.78 Å². The van der Waals surface area contributed by atoms with Gasteiger partial charge in [0.1, 0.15) is 6.54 Å². The van der Waals surface area contributed by atoms with Crippen LogP contribution in [0.15, 0.2) is 6.20 Å².